The van der Waals surface area contributed by atoms with Crippen LogP contribution in [0.2, 0.25) is 0 Å². The summed E-state index contributed by atoms with van der Waals surface area (Å²) < 4.78 is 0. The van der Waals surface area contributed by atoms with Crippen LogP contribution in [-0.2, 0) is 0 Å². The molecular weight excluding hydrogens is 220 g/mol. The summed E-state index contributed by atoms with van der Waals surface area (Å²) >= 11 is 0. The van der Waals surface area contributed by atoms with Crippen molar-refractivity contribution in [1.29, 1.82) is 0 Å². The molecular formula is C16H24N2. The molecule has 0 saturated heterocycles. The molecule has 0 radical (unpaired) electrons. The van der Waals surface area contributed by atoms with Gasteiger partial charge in [-0.3, -0.25) is 0 Å². The standard InChI is InChI=1S/C16H24N2/c1-11-5-3-4-6-15(11)18(2)10-14-12-7-8-13(9-12)16(14)17/h3-6,12-14,16H,7-10,17H2,1-2H3. The van der Waals surface area contributed by atoms with Gasteiger partial charge in [0, 0.05) is 25.3 Å². The summed E-state index contributed by atoms with van der Waals surface area (Å²) in [7, 11) is 2.21. The normalized spacial score (nSPS) is 33.9. The van der Waals surface area contributed by atoms with Gasteiger partial charge in [-0.15, -0.1) is 0 Å². The fraction of sp³-hybridized carbons (Fsp3) is 0.625. The van der Waals surface area contributed by atoms with Crippen LogP contribution in [0.3, 0.4) is 0 Å². The summed E-state index contributed by atoms with van der Waals surface area (Å²) in [5, 5.41) is 0. The van der Waals surface area contributed by atoms with Crippen molar-refractivity contribution in [2.75, 3.05) is 18.5 Å². The van der Waals surface area contributed by atoms with Gasteiger partial charge >= 0.3 is 0 Å². The van der Waals surface area contributed by atoms with Crippen LogP contribution < -0.4 is 10.6 Å². The molecule has 2 saturated carbocycles. The van der Waals surface area contributed by atoms with Crippen molar-refractivity contribution in [2.24, 2.45) is 23.5 Å². The lowest BCUT2D eigenvalue weighted by Crippen LogP contribution is -2.42. The summed E-state index contributed by atoms with van der Waals surface area (Å²) in [5.74, 6) is 2.40. The molecule has 98 valence electrons. The molecule has 1 aromatic carbocycles. The number of para-hydroxylation sites is 1. The van der Waals surface area contributed by atoms with Crippen LogP contribution in [0.1, 0.15) is 24.8 Å². The van der Waals surface area contributed by atoms with Gasteiger partial charge in [0.1, 0.15) is 0 Å². The Morgan fingerprint density at radius 1 is 1.22 bits per heavy atom. The van der Waals surface area contributed by atoms with Crippen LogP contribution in [0, 0.1) is 24.7 Å². The van der Waals surface area contributed by atoms with Crippen LogP contribution in [0.4, 0.5) is 5.69 Å². The second-order valence-electron chi connectivity index (χ2n) is 6.24. The van der Waals surface area contributed by atoms with Gasteiger partial charge < -0.3 is 10.6 Å². The highest BCUT2D eigenvalue weighted by atomic mass is 15.1. The van der Waals surface area contributed by atoms with Crippen molar-refractivity contribution in [3.05, 3.63) is 29.8 Å². The first-order valence-electron chi connectivity index (χ1n) is 7.19. The molecule has 0 amide bonds. The smallest absolute Gasteiger partial charge is 0.0393 e. The van der Waals surface area contributed by atoms with Crippen molar-refractivity contribution in [3.8, 4) is 0 Å². The highest BCUT2D eigenvalue weighted by molar-refractivity contribution is 5.52. The first kappa shape index (κ1) is 12.0. The number of fused-ring (bicyclic) bond motifs is 2. The zero-order chi connectivity index (χ0) is 12.7. The average Bonchev–Trinajstić information content (AvgIpc) is 2.93. The first-order chi connectivity index (χ1) is 8.66. The summed E-state index contributed by atoms with van der Waals surface area (Å²) in [6.45, 7) is 3.31. The molecule has 4 unspecified atom stereocenters. The quantitative estimate of drug-likeness (QED) is 0.886. The molecule has 0 aromatic heterocycles. The van der Waals surface area contributed by atoms with Crippen molar-refractivity contribution < 1.29 is 0 Å². The van der Waals surface area contributed by atoms with Crippen LogP contribution in [0.5, 0.6) is 0 Å². The van der Waals surface area contributed by atoms with Crippen molar-refractivity contribution in [3.63, 3.8) is 0 Å². The average molecular weight is 244 g/mol. The molecule has 2 heteroatoms. The second-order valence-corrected chi connectivity index (χ2v) is 6.24. The van der Waals surface area contributed by atoms with Gasteiger partial charge in [0.15, 0.2) is 0 Å². The number of anilines is 1. The molecule has 2 N–H and O–H groups in total. The summed E-state index contributed by atoms with van der Waals surface area (Å²) in [6, 6.07) is 9.08. The minimum atomic E-state index is 0.440. The molecule has 2 bridgehead atoms. The number of hydrogen-bond donors (Lipinski definition) is 1. The Hall–Kier alpha value is -1.02. The Labute approximate surface area is 110 Å². The maximum atomic E-state index is 6.40. The summed E-state index contributed by atoms with van der Waals surface area (Å²) in [6.07, 6.45) is 4.16. The summed E-state index contributed by atoms with van der Waals surface area (Å²) in [4.78, 5) is 2.40. The molecule has 2 aliphatic rings. The highest BCUT2D eigenvalue weighted by Crippen LogP contribution is 2.47. The largest absolute Gasteiger partial charge is 0.374 e. The Kier molecular flexibility index (Phi) is 3.06. The second kappa shape index (κ2) is 4.58. The zero-order valence-electron chi connectivity index (χ0n) is 11.5. The van der Waals surface area contributed by atoms with Gasteiger partial charge in [0.25, 0.3) is 0 Å². The maximum absolute atomic E-state index is 6.40. The van der Waals surface area contributed by atoms with Crippen LogP contribution in [0.25, 0.3) is 0 Å². The molecule has 3 rings (SSSR count). The number of nitrogens with zero attached hydrogens (tertiary/aromatic N) is 1. The highest BCUT2D eigenvalue weighted by Gasteiger charge is 2.45. The number of benzene rings is 1. The van der Waals surface area contributed by atoms with E-state index in [4.69, 9.17) is 5.73 Å². The Bertz CT molecular complexity index is 427. The van der Waals surface area contributed by atoms with E-state index in [1.165, 1.54) is 30.5 Å². The lowest BCUT2D eigenvalue weighted by atomic mass is 9.84. The van der Waals surface area contributed by atoms with Gasteiger partial charge in [-0.2, -0.15) is 0 Å². The molecule has 0 aliphatic heterocycles. The van der Waals surface area contributed by atoms with Crippen LogP contribution in [-0.4, -0.2) is 19.6 Å². The van der Waals surface area contributed by atoms with E-state index in [0.717, 1.165) is 18.4 Å². The van der Waals surface area contributed by atoms with E-state index in [0.29, 0.717) is 12.0 Å². The molecule has 4 atom stereocenters. The third-order valence-electron chi connectivity index (χ3n) is 5.17. The Balaban J connectivity index is 1.72. The SMILES string of the molecule is Cc1ccccc1N(C)CC1C2CCC(C2)C1N. The third kappa shape index (κ3) is 1.93. The fourth-order valence-corrected chi connectivity index (χ4v) is 4.13. The minimum Gasteiger partial charge on any atom is -0.374 e. The number of hydrogen-bond acceptors (Lipinski definition) is 2. The maximum Gasteiger partial charge on any atom is 0.0393 e. The van der Waals surface area contributed by atoms with Crippen molar-refractivity contribution in [1.82, 2.24) is 0 Å². The zero-order valence-corrected chi connectivity index (χ0v) is 11.5. The molecule has 0 heterocycles. The predicted molar refractivity (Wildman–Crippen MR) is 76.7 cm³/mol. The van der Waals surface area contributed by atoms with Gasteiger partial charge in [0.05, 0.1) is 0 Å². The van der Waals surface area contributed by atoms with E-state index < -0.39 is 0 Å². The molecule has 2 nitrogen and oxygen atoms in total. The van der Waals surface area contributed by atoms with Crippen LogP contribution >= 0.6 is 0 Å². The first-order valence-corrected chi connectivity index (χ1v) is 7.19. The molecule has 2 aliphatic carbocycles. The number of aryl methyl sites for hydroxylation is 1. The molecule has 0 spiro atoms. The lowest BCUT2D eigenvalue weighted by Gasteiger charge is -2.33. The molecule has 2 fully saturated rings. The summed E-state index contributed by atoms with van der Waals surface area (Å²) in [5.41, 5.74) is 9.11. The van der Waals surface area contributed by atoms with E-state index in [-0.39, 0.29) is 0 Å². The number of rotatable bonds is 3. The van der Waals surface area contributed by atoms with E-state index in [2.05, 4.69) is 43.1 Å². The van der Waals surface area contributed by atoms with E-state index in [1.807, 2.05) is 0 Å². The van der Waals surface area contributed by atoms with Crippen molar-refractivity contribution >= 4 is 5.69 Å². The van der Waals surface area contributed by atoms with E-state index >= 15 is 0 Å². The molecule has 1 aromatic rings. The minimum absolute atomic E-state index is 0.440. The van der Waals surface area contributed by atoms with Gasteiger partial charge in [-0.1, -0.05) is 18.2 Å². The third-order valence-corrected chi connectivity index (χ3v) is 5.17. The topological polar surface area (TPSA) is 29.3 Å². The Morgan fingerprint density at radius 3 is 2.61 bits per heavy atom. The lowest BCUT2D eigenvalue weighted by molar-refractivity contribution is 0.293. The van der Waals surface area contributed by atoms with Gasteiger partial charge in [-0.25, -0.2) is 0 Å². The van der Waals surface area contributed by atoms with Gasteiger partial charge in [0.2, 0.25) is 0 Å². The van der Waals surface area contributed by atoms with Crippen LogP contribution in [0.15, 0.2) is 24.3 Å². The Morgan fingerprint density at radius 2 is 1.94 bits per heavy atom. The number of nitrogens with two attached hydrogens (primary N) is 1. The van der Waals surface area contributed by atoms with E-state index in [9.17, 15) is 0 Å². The van der Waals surface area contributed by atoms with Gasteiger partial charge in [-0.05, 0) is 55.6 Å². The molecule has 18 heavy (non-hydrogen) atoms. The monoisotopic (exact) mass is 244 g/mol. The predicted octanol–water partition coefficient (Wildman–Crippen LogP) is 2.80. The van der Waals surface area contributed by atoms with Crippen molar-refractivity contribution in [2.45, 2.75) is 32.2 Å². The van der Waals surface area contributed by atoms with E-state index in [1.54, 1.807) is 0 Å². The fourth-order valence-electron chi connectivity index (χ4n) is 4.13.